The van der Waals surface area contributed by atoms with Gasteiger partial charge in [0, 0.05) is 65.7 Å². The molecule has 0 radical (unpaired) electrons. The molecule has 0 atom stereocenters. The summed E-state index contributed by atoms with van der Waals surface area (Å²) < 4.78 is 1.76. The van der Waals surface area contributed by atoms with Crippen molar-refractivity contribution >= 4 is 23.0 Å². The summed E-state index contributed by atoms with van der Waals surface area (Å²) in [4.78, 5) is 23.7. The van der Waals surface area contributed by atoms with E-state index >= 15 is 0 Å². The summed E-state index contributed by atoms with van der Waals surface area (Å²) in [6.45, 7) is 2.10. The van der Waals surface area contributed by atoms with Gasteiger partial charge in [0.25, 0.3) is 0 Å². The lowest BCUT2D eigenvalue weighted by atomic mass is 9.96. The number of hydrogen-bond donors (Lipinski definition) is 2. The third-order valence-corrected chi connectivity index (χ3v) is 5.79. The fourth-order valence-electron chi connectivity index (χ4n) is 4.07. The second-order valence-electron chi connectivity index (χ2n) is 8.19. The second kappa shape index (κ2) is 8.78. The highest BCUT2D eigenvalue weighted by atomic mass is 16.1. The van der Waals surface area contributed by atoms with Crippen molar-refractivity contribution in [2.75, 3.05) is 0 Å². The summed E-state index contributed by atoms with van der Waals surface area (Å²) in [6, 6.07) is 12.4. The molecule has 0 fully saturated rings. The van der Waals surface area contributed by atoms with Crippen LogP contribution >= 0.6 is 0 Å². The zero-order valence-electron chi connectivity index (χ0n) is 19.0. The molecule has 0 spiro atoms. The molecular weight excluding hydrogens is 424 g/mol. The number of aryl methyl sites for hydroxylation is 2. The fourth-order valence-corrected chi connectivity index (χ4v) is 4.07. The predicted molar refractivity (Wildman–Crippen MR) is 135 cm³/mol. The normalized spacial score (nSPS) is 11.5. The van der Waals surface area contributed by atoms with Gasteiger partial charge in [-0.3, -0.25) is 14.5 Å². The van der Waals surface area contributed by atoms with Gasteiger partial charge < -0.3 is 10.7 Å². The van der Waals surface area contributed by atoms with E-state index in [1.54, 1.807) is 10.8 Å². The molecule has 0 aliphatic carbocycles. The van der Waals surface area contributed by atoms with Crippen LogP contribution in [0.15, 0.2) is 73.5 Å². The van der Waals surface area contributed by atoms with E-state index in [1.165, 1.54) is 6.08 Å². The average Bonchev–Trinajstić information content (AvgIpc) is 3.48. The van der Waals surface area contributed by atoms with Crippen LogP contribution in [0.1, 0.15) is 18.2 Å². The van der Waals surface area contributed by atoms with E-state index in [0.29, 0.717) is 0 Å². The molecule has 4 aromatic heterocycles. The number of amides is 1. The third kappa shape index (κ3) is 4.23. The van der Waals surface area contributed by atoms with Crippen LogP contribution in [0.4, 0.5) is 0 Å². The van der Waals surface area contributed by atoms with E-state index in [9.17, 15) is 4.79 Å². The molecule has 4 heterocycles. The number of primary amides is 1. The van der Waals surface area contributed by atoms with E-state index in [1.807, 2.05) is 56.2 Å². The van der Waals surface area contributed by atoms with E-state index in [2.05, 4.69) is 45.2 Å². The zero-order chi connectivity index (χ0) is 23.7. The smallest absolute Gasteiger partial charge is 0.241 e. The maximum atomic E-state index is 11.3. The number of rotatable bonds is 6. The SMILES string of the molecule is CCc1cc(-c2c[nH]c3ncc(-c4cc(/C=C/C(N)=O)cc(-c5cnn(C)c5)c4)cc23)ccn1. The Morgan fingerprint density at radius 3 is 2.59 bits per heavy atom. The van der Waals surface area contributed by atoms with Gasteiger partial charge in [-0.15, -0.1) is 0 Å². The maximum Gasteiger partial charge on any atom is 0.241 e. The molecule has 7 nitrogen and oxygen atoms in total. The van der Waals surface area contributed by atoms with Crippen molar-refractivity contribution < 1.29 is 4.79 Å². The first-order valence-electron chi connectivity index (χ1n) is 11.0. The zero-order valence-corrected chi connectivity index (χ0v) is 19.0. The van der Waals surface area contributed by atoms with Gasteiger partial charge in [0.15, 0.2) is 0 Å². The Hall–Kier alpha value is -4.52. The molecule has 0 saturated carbocycles. The Morgan fingerprint density at radius 1 is 1.03 bits per heavy atom. The first kappa shape index (κ1) is 21.3. The number of hydrogen-bond acceptors (Lipinski definition) is 4. The molecule has 168 valence electrons. The summed E-state index contributed by atoms with van der Waals surface area (Å²) in [5.41, 5.74) is 14.2. The van der Waals surface area contributed by atoms with E-state index in [-0.39, 0.29) is 0 Å². The minimum absolute atomic E-state index is 0.489. The van der Waals surface area contributed by atoms with Crippen molar-refractivity contribution in [3.8, 4) is 33.4 Å². The lowest BCUT2D eigenvalue weighted by Gasteiger charge is -2.08. The lowest BCUT2D eigenvalue weighted by Crippen LogP contribution is -2.05. The molecule has 0 aliphatic heterocycles. The summed E-state index contributed by atoms with van der Waals surface area (Å²) >= 11 is 0. The van der Waals surface area contributed by atoms with Crippen molar-refractivity contribution in [1.29, 1.82) is 0 Å². The number of aromatic amines is 1. The van der Waals surface area contributed by atoms with Gasteiger partial charge in [0.1, 0.15) is 5.65 Å². The van der Waals surface area contributed by atoms with E-state index in [4.69, 9.17) is 5.73 Å². The molecule has 5 rings (SSSR count). The van der Waals surface area contributed by atoms with Crippen molar-refractivity contribution in [2.45, 2.75) is 13.3 Å². The minimum atomic E-state index is -0.489. The topological polar surface area (TPSA) is 102 Å². The molecule has 0 unspecified atom stereocenters. The fraction of sp³-hybridized carbons (Fsp3) is 0.111. The molecule has 34 heavy (non-hydrogen) atoms. The van der Waals surface area contributed by atoms with Gasteiger partial charge in [-0.2, -0.15) is 5.10 Å². The monoisotopic (exact) mass is 448 g/mol. The number of nitrogens with one attached hydrogen (secondary N) is 1. The number of carbonyl (C=O) groups is 1. The van der Waals surface area contributed by atoms with Gasteiger partial charge in [-0.25, -0.2) is 4.98 Å². The maximum absolute atomic E-state index is 11.3. The number of aromatic nitrogens is 5. The first-order chi connectivity index (χ1) is 16.5. The van der Waals surface area contributed by atoms with Crippen LogP contribution in [0, 0.1) is 0 Å². The van der Waals surface area contributed by atoms with E-state index in [0.717, 1.165) is 62.1 Å². The van der Waals surface area contributed by atoms with Gasteiger partial charge in [0.2, 0.25) is 5.91 Å². The highest BCUT2D eigenvalue weighted by Gasteiger charge is 2.12. The largest absolute Gasteiger partial charge is 0.366 e. The van der Waals surface area contributed by atoms with Crippen LogP contribution in [-0.4, -0.2) is 30.6 Å². The Balaban J connectivity index is 1.65. The number of carbonyl (C=O) groups excluding carboxylic acids is 1. The van der Waals surface area contributed by atoms with Crippen LogP contribution in [-0.2, 0) is 18.3 Å². The molecule has 1 aromatic carbocycles. The lowest BCUT2D eigenvalue weighted by molar-refractivity contribution is -0.113. The Kier molecular flexibility index (Phi) is 5.51. The summed E-state index contributed by atoms with van der Waals surface area (Å²) in [6.07, 6.45) is 13.4. The van der Waals surface area contributed by atoms with Gasteiger partial charge in [-0.05, 0) is 71.1 Å². The molecule has 0 saturated heterocycles. The summed E-state index contributed by atoms with van der Waals surface area (Å²) in [7, 11) is 1.88. The van der Waals surface area contributed by atoms with Crippen molar-refractivity contribution in [1.82, 2.24) is 24.7 Å². The molecule has 7 heteroatoms. The van der Waals surface area contributed by atoms with Crippen LogP contribution < -0.4 is 5.73 Å². The summed E-state index contributed by atoms with van der Waals surface area (Å²) in [5, 5.41) is 5.33. The Morgan fingerprint density at radius 2 is 1.85 bits per heavy atom. The van der Waals surface area contributed by atoms with Crippen molar-refractivity contribution in [2.24, 2.45) is 12.8 Å². The van der Waals surface area contributed by atoms with Crippen LogP contribution in [0.5, 0.6) is 0 Å². The molecule has 0 aliphatic rings. The van der Waals surface area contributed by atoms with Crippen molar-refractivity contribution in [3.63, 3.8) is 0 Å². The minimum Gasteiger partial charge on any atom is -0.366 e. The highest BCUT2D eigenvalue weighted by molar-refractivity contribution is 5.96. The second-order valence-corrected chi connectivity index (χ2v) is 8.19. The van der Waals surface area contributed by atoms with Gasteiger partial charge in [-0.1, -0.05) is 6.92 Å². The average molecular weight is 449 g/mol. The molecule has 1 amide bonds. The number of fused-ring (bicyclic) bond motifs is 1. The number of pyridine rings is 2. The molecular formula is C27H24N6O. The van der Waals surface area contributed by atoms with E-state index < -0.39 is 5.91 Å². The number of nitrogens with two attached hydrogens (primary N) is 1. The highest BCUT2D eigenvalue weighted by Crippen LogP contribution is 2.33. The Bertz CT molecular complexity index is 1540. The summed E-state index contributed by atoms with van der Waals surface area (Å²) in [5.74, 6) is -0.489. The van der Waals surface area contributed by atoms with Crippen LogP contribution in [0.25, 0.3) is 50.5 Å². The number of nitrogens with zero attached hydrogens (tertiary/aromatic N) is 4. The van der Waals surface area contributed by atoms with Gasteiger partial charge >= 0.3 is 0 Å². The third-order valence-electron chi connectivity index (χ3n) is 5.79. The molecule has 3 N–H and O–H groups in total. The molecule has 0 bridgehead atoms. The van der Waals surface area contributed by atoms with Gasteiger partial charge in [0.05, 0.1) is 6.20 Å². The molecule has 5 aromatic rings. The Labute approximate surface area is 197 Å². The predicted octanol–water partition coefficient (Wildman–Crippen LogP) is 4.75. The van der Waals surface area contributed by atoms with Crippen molar-refractivity contribution in [3.05, 3.63) is 84.7 Å². The quantitative estimate of drug-likeness (QED) is 0.366. The van der Waals surface area contributed by atoms with Crippen LogP contribution in [0.2, 0.25) is 0 Å². The van der Waals surface area contributed by atoms with Crippen LogP contribution in [0.3, 0.4) is 0 Å². The number of H-pyrrole nitrogens is 1. The number of benzene rings is 1. The first-order valence-corrected chi connectivity index (χ1v) is 11.0. The standard InChI is InChI=1S/C27H24N6O/c1-3-23-11-18(6-7-29-23)25-15-31-27-24(25)12-21(13-30-27)19-8-17(4-5-26(28)34)9-20(10-19)22-14-32-33(2)16-22/h4-16H,3H2,1-2H3,(H2,28,34)(H,30,31)/b5-4+.